The molecule has 0 unspecified atom stereocenters. The molecule has 1 aliphatic rings. The van der Waals surface area contributed by atoms with Gasteiger partial charge in [-0.3, -0.25) is 18.4 Å². The molecular weight excluding hydrogens is 275 g/mol. The highest BCUT2D eigenvalue weighted by Crippen LogP contribution is 2.53. The molecule has 1 aliphatic carbocycles. The summed E-state index contributed by atoms with van der Waals surface area (Å²) in [6, 6.07) is 0. The third-order valence-corrected chi connectivity index (χ3v) is 5.03. The highest BCUT2D eigenvalue weighted by atomic mass is 31.2. The van der Waals surface area contributed by atoms with E-state index in [0.717, 1.165) is 32.1 Å². The van der Waals surface area contributed by atoms with Gasteiger partial charge in [-0.15, -0.1) is 0 Å². The van der Waals surface area contributed by atoms with Gasteiger partial charge in [0.05, 0.1) is 13.2 Å². The maximum Gasteiger partial charge on any atom is 0.397 e. The molecule has 0 bridgehead atoms. The summed E-state index contributed by atoms with van der Waals surface area (Å²) in [5, 5.41) is 0. The first-order valence-corrected chi connectivity index (χ1v) is 8.61. The summed E-state index contributed by atoms with van der Waals surface area (Å²) in [6.07, 6.45) is 4.67. The van der Waals surface area contributed by atoms with Crippen molar-refractivity contribution < 1.29 is 18.4 Å². The van der Waals surface area contributed by atoms with E-state index in [1.165, 1.54) is 0 Å². The second-order valence-corrected chi connectivity index (χ2v) is 7.58. The Morgan fingerprint density at radius 3 is 1.90 bits per heavy atom. The van der Waals surface area contributed by atoms with Crippen LogP contribution in [0.1, 0.15) is 46.0 Å². The summed E-state index contributed by atoms with van der Waals surface area (Å²) in [7, 11) is -3.75. The van der Waals surface area contributed by atoms with E-state index in [9.17, 15) is 9.36 Å². The van der Waals surface area contributed by atoms with Crippen molar-refractivity contribution >= 4 is 13.1 Å². The van der Waals surface area contributed by atoms with Gasteiger partial charge in [0.2, 0.25) is 5.52 Å². The van der Waals surface area contributed by atoms with Crippen LogP contribution in [-0.2, 0) is 18.4 Å². The lowest BCUT2D eigenvalue weighted by molar-refractivity contribution is -0.118. The van der Waals surface area contributed by atoms with Crippen molar-refractivity contribution in [3.63, 3.8) is 0 Å². The van der Waals surface area contributed by atoms with E-state index in [2.05, 4.69) is 13.2 Å². The van der Waals surface area contributed by atoms with Crippen LogP contribution in [0.3, 0.4) is 0 Å². The molecule has 1 rings (SSSR count). The molecule has 0 spiro atoms. The molecule has 0 amide bonds. The second kappa shape index (κ2) is 7.92. The zero-order chi connectivity index (χ0) is 15.2. The Labute approximate surface area is 121 Å². The summed E-state index contributed by atoms with van der Waals surface area (Å²) in [5.74, 6) is -0.204. The fourth-order valence-corrected chi connectivity index (χ4v) is 3.94. The van der Waals surface area contributed by atoms with Crippen LogP contribution in [0.2, 0.25) is 0 Å². The van der Waals surface area contributed by atoms with Crippen molar-refractivity contribution in [1.29, 1.82) is 0 Å². The van der Waals surface area contributed by atoms with Crippen LogP contribution in [0.4, 0.5) is 0 Å². The van der Waals surface area contributed by atoms with Crippen molar-refractivity contribution in [1.82, 2.24) is 0 Å². The molecule has 5 heteroatoms. The fraction of sp³-hybridized carbons (Fsp3) is 0.667. The van der Waals surface area contributed by atoms with E-state index in [1.807, 2.05) is 0 Å². The van der Waals surface area contributed by atoms with Crippen molar-refractivity contribution in [2.24, 2.45) is 5.92 Å². The Hall–Kier alpha value is -0.700. The lowest BCUT2D eigenvalue weighted by Crippen LogP contribution is -2.20. The minimum absolute atomic E-state index is 0.0753. The minimum Gasteiger partial charge on any atom is -0.299 e. The molecule has 0 heterocycles. The van der Waals surface area contributed by atoms with E-state index < -0.39 is 7.60 Å². The van der Waals surface area contributed by atoms with E-state index >= 15 is 0 Å². The zero-order valence-corrected chi connectivity index (χ0v) is 13.4. The van der Waals surface area contributed by atoms with Gasteiger partial charge in [-0.25, -0.2) is 0 Å². The lowest BCUT2D eigenvalue weighted by atomic mass is 9.90. The van der Waals surface area contributed by atoms with Crippen LogP contribution in [0.25, 0.3) is 0 Å². The first kappa shape index (κ1) is 17.4. The normalized spacial score (nSPS) is 16.9. The van der Waals surface area contributed by atoms with Crippen molar-refractivity contribution in [3.8, 4) is 0 Å². The summed E-state index contributed by atoms with van der Waals surface area (Å²) < 4.78 is 23.3. The summed E-state index contributed by atoms with van der Waals surface area (Å²) in [5.41, 5.74) is 1.04. The van der Waals surface area contributed by atoms with Gasteiger partial charge in [0.25, 0.3) is 0 Å². The molecule has 0 atom stereocenters. The minimum atomic E-state index is -3.75. The number of carbonyl (C=O) groups excluding carboxylic acids is 1. The average molecular weight is 300 g/mol. The molecule has 0 aliphatic heterocycles. The molecule has 0 N–H and O–H groups in total. The Morgan fingerprint density at radius 1 is 1.05 bits per heavy atom. The molecular formula is C15H25O4P. The van der Waals surface area contributed by atoms with Gasteiger partial charge in [-0.05, 0) is 26.7 Å². The van der Waals surface area contributed by atoms with Crippen LogP contribution in [0.5, 0.6) is 0 Å². The predicted molar refractivity (Wildman–Crippen MR) is 80.7 cm³/mol. The monoisotopic (exact) mass is 300 g/mol. The number of carbonyl (C=O) groups is 1. The molecule has 0 aromatic heterocycles. The first-order chi connectivity index (χ1) is 9.35. The number of hydrogen-bond acceptors (Lipinski definition) is 4. The summed E-state index contributed by atoms with van der Waals surface area (Å²) >= 11 is 0. The highest BCUT2D eigenvalue weighted by Gasteiger charge is 2.40. The van der Waals surface area contributed by atoms with E-state index in [-0.39, 0.29) is 24.7 Å². The molecule has 4 nitrogen and oxygen atoms in total. The summed E-state index contributed by atoms with van der Waals surface area (Å²) in [4.78, 5) is 12.5. The van der Waals surface area contributed by atoms with Gasteiger partial charge in [-0.2, -0.15) is 0 Å². The van der Waals surface area contributed by atoms with Gasteiger partial charge >= 0.3 is 7.60 Å². The average Bonchev–Trinajstić information content (AvgIpc) is 2.43. The fourth-order valence-electron chi connectivity index (χ4n) is 2.13. The molecule has 0 aromatic rings. The second-order valence-electron chi connectivity index (χ2n) is 5.63. The van der Waals surface area contributed by atoms with Crippen molar-refractivity contribution in [2.75, 3.05) is 13.2 Å². The molecule has 20 heavy (non-hydrogen) atoms. The molecule has 1 fully saturated rings. The molecule has 0 saturated heterocycles. The van der Waals surface area contributed by atoms with E-state index in [4.69, 9.17) is 9.05 Å². The van der Waals surface area contributed by atoms with Gasteiger partial charge < -0.3 is 0 Å². The van der Waals surface area contributed by atoms with Crippen molar-refractivity contribution in [3.05, 3.63) is 24.3 Å². The van der Waals surface area contributed by atoms with E-state index in [1.54, 1.807) is 13.8 Å². The molecule has 1 saturated carbocycles. The number of hydrogen-bond donors (Lipinski definition) is 0. The van der Waals surface area contributed by atoms with Gasteiger partial charge in [0.15, 0.2) is 0 Å². The van der Waals surface area contributed by atoms with Crippen LogP contribution in [-0.4, -0.2) is 18.7 Å². The first-order valence-electron chi connectivity index (χ1n) is 7.07. The van der Waals surface area contributed by atoms with Gasteiger partial charge in [0.1, 0.15) is 0 Å². The third kappa shape index (κ3) is 5.35. The quantitative estimate of drug-likeness (QED) is 0.490. The lowest BCUT2D eigenvalue weighted by Gasteiger charge is -2.25. The van der Waals surface area contributed by atoms with Crippen molar-refractivity contribution in [2.45, 2.75) is 46.0 Å². The molecule has 0 aromatic carbocycles. The zero-order valence-electron chi connectivity index (χ0n) is 12.5. The highest BCUT2D eigenvalue weighted by molar-refractivity contribution is 7.71. The van der Waals surface area contributed by atoms with Crippen LogP contribution in [0.15, 0.2) is 24.3 Å². The van der Waals surface area contributed by atoms with Gasteiger partial charge in [-0.1, -0.05) is 43.6 Å². The topological polar surface area (TPSA) is 52.6 Å². The van der Waals surface area contributed by atoms with Crippen LogP contribution in [0, 0.1) is 5.92 Å². The van der Waals surface area contributed by atoms with E-state index in [0.29, 0.717) is 11.1 Å². The van der Waals surface area contributed by atoms with Crippen LogP contribution >= 0.6 is 7.60 Å². The maximum absolute atomic E-state index is 12.7. The Bertz CT molecular complexity index is 400. The Balaban J connectivity index is 2.78. The largest absolute Gasteiger partial charge is 0.397 e. The summed E-state index contributed by atoms with van der Waals surface area (Å²) in [6.45, 7) is 11.1. The Kier molecular flexibility index (Phi) is 6.87. The van der Waals surface area contributed by atoms with Gasteiger partial charge in [0, 0.05) is 5.92 Å². The predicted octanol–water partition coefficient (Wildman–Crippen LogP) is 4.47. The number of rotatable bonds is 8. The standard InChI is InChI=1S/C15H25O4P/c1-12(2)10-18-20(17,19-11-13(3)4)15(16)14-8-6-5-7-9-14/h14H,1,3,5-11H2,2,4H3. The maximum atomic E-state index is 12.7. The third-order valence-electron chi connectivity index (χ3n) is 3.19. The smallest absolute Gasteiger partial charge is 0.299 e. The SMILES string of the molecule is C=C(C)COP(=O)(OCC(=C)C)C(=O)C1CCCCC1. The molecule has 114 valence electrons. The molecule has 0 radical (unpaired) electrons. The van der Waals surface area contributed by atoms with Crippen LogP contribution < -0.4 is 0 Å². The Morgan fingerprint density at radius 2 is 1.50 bits per heavy atom.